The van der Waals surface area contributed by atoms with Gasteiger partial charge in [-0.05, 0) is 42.9 Å². The highest BCUT2D eigenvalue weighted by Gasteiger charge is 2.33. The van der Waals surface area contributed by atoms with Gasteiger partial charge < -0.3 is 0 Å². The van der Waals surface area contributed by atoms with Crippen LogP contribution in [0.2, 0.25) is 0 Å². The molecule has 0 spiro atoms. The van der Waals surface area contributed by atoms with Gasteiger partial charge in [0.05, 0.1) is 0 Å². The smallest absolute Gasteiger partial charge is 0.0125 e. The first kappa shape index (κ1) is 21.1. The van der Waals surface area contributed by atoms with Crippen LogP contribution in [0.4, 0.5) is 0 Å². The zero-order valence-electron chi connectivity index (χ0n) is 17.2. The Morgan fingerprint density at radius 3 is 2.38 bits per heavy atom. The van der Waals surface area contributed by atoms with Gasteiger partial charge in [-0.1, -0.05) is 87.4 Å². The Labute approximate surface area is 165 Å². The van der Waals surface area contributed by atoms with Crippen molar-refractivity contribution in [2.45, 2.75) is 46.0 Å². The molecule has 0 aliphatic heterocycles. The number of thioether (sulfide) groups is 1. The lowest BCUT2D eigenvalue weighted by Crippen LogP contribution is -2.32. The van der Waals surface area contributed by atoms with Crippen molar-refractivity contribution in [3.05, 3.63) is 72.4 Å². The van der Waals surface area contributed by atoms with E-state index in [1.165, 1.54) is 29.7 Å². The third kappa shape index (κ3) is 5.16. The number of aryl methyl sites for hydroxylation is 1. The molecule has 0 radical (unpaired) electrons. The highest BCUT2D eigenvalue weighted by atomic mass is 32.2. The molecule has 1 aromatic carbocycles. The van der Waals surface area contributed by atoms with Gasteiger partial charge in [0.2, 0.25) is 0 Å². The number of allylic oxidation sites excluding steroid dienone is 5. The summed E-state index contributed by atoms with van der Waals surface area (Å²) in [5.74, 6) is 3.43. The van der Waals surface area contributed by atoms with Gasteiger partial charge in [-0.3, -0.25) is 0 Å². The summed E-state index contributed by atoms with van der Waals surface area (Å²) in [6.45, 7) is 13.3. The molecule has 26 heavy (non-hydrogen) atoms. The van der Waals surface area contributed by atoms with E-state index in [2.05, 4.69) is 89.1 Å². The van der Waals surface area contributed by atoms with Crippen LogP contribution >= 0.6 is 11.8 Å². The van der Waals surface area contributed by atoms with Crippen molar-refractivity contribution < 1.29 is 0 Å². The van der Waals surface area contributed by atoms with E-state index >= 15 is 0 Å². The molecule has 0 fully saturated rings. The molecule has 5 atom stereocenters. The van der Waals surface area contributed by atoms with E-state index in [-0.39, 0.29) is 5.41 Å². The number of hydrogen-bond donors (Lipinski definition) is 0. The monoisotopic (exact) mass is 368 g/mol. The molecule has 0 saturated heterocycles. The standard InChI is InChI=1S/C25H36S/c1-7-21-12-11-20(4)24(16-13-21)22(8-2)17-25(5,18-26-6)23-14-9-19(3)10-15-23/h7,9-16,20-22,24H,1,8,17-18H2,2-6H3. The minimum atomic E-state index is 0.217. The van der Waals surface area contributed by atoms with Crippen molar-refractivity contribution in [3.8, 4) is 0 Å². The topological polar surface area (TPSA) is 0 Å². The fraction of sp³-hybridized carbons (Fsp3) is 0.520. The molecular weight excluding hydrogens is 332 g/mol. The maximum Gasteiger partial charge on any atom is 0.0125 e. The molecule has 142 valence electrons. The van der Waals surface area contributed by atoms with Gasteiger partial charge in [0.1, 0.15) is 0 Å². The lowest BCUT2D eigenvalue weighted by molar-refractivity contribution is 0.257. The average molecular weight is 369 g/mol. The highest BCUT2D eigenvalue weighted by Crippen LogP contribution is 2.41. The summed E-state index contributed by atoms with van der Waals surface area (Å²) in [5.41, 5.74) is 3.05. The molecule has 1 heteroatoms. The van der Waals surface area contributed by atoms with E-state index in [0.717, 1.165) is 0 Å². The highest BCUT2D eigenvalue weighted by molar-refractivity contribution is 7.98. The molecule has 0 heterocycles. The first-order valence-corrected chi connectivity index (χ1v) is 11.4. The van der Waals surface area contributed by atoms with Gasteiger partial charge in [0.25, 0.3) is 0 Å². The van der Waals surface area contributed by atoms with Crippen molar-refractivity contribution >= 4 is 11.8 Å². The summed E-state index contributed by atoms with van der Waals surface area (Å²) in [7, 11) is 0. The zero-order chi connectivity index (χ0) is 19.2. The number of rotatable bonds is 8. The number of benzene rings is 1. The van der Waals surface area contributed by atoms with Crippen molar-refractivity contribution in [2.24, 2.45) is 23.7 Å². The van der Waals surface area contributed by atoms with Crippen LogP contribution < -0.4 is 0 Å². The van der Waals surface area contributed by atoms with Crippen molar-refractivity contribution in [1.29, 1.82) is 0 Å². The lowest BCUT2D eigenvalue weighted by atomic mass is 9.70. The van der Waals surface area contributed by atoms with E-state index in [4.69, 9.17) is 0 Å². The van der Waals surface area contributed by atoms with Gasteiger partial charge in [-0.15, -0.1) is 6.58 Å². The Hall–Kier alpha value is -1.21. The Kier molecular flexibility index (Phi) is 7.83. The van der Waals surface area contributed by atoms with Crippen LogP contribution in [0.25, 0.3) is 0 Å². The van der Waals surface area contributed by atoms with E-state index in [1.807, 2.05) is 17.8 Å². The maximum absolute atomic E-state index is 3.97. The molecule has 1 aliphatic rings. The molecule has 0 bridgehead atoms. The van der Waals surface area contributed by atoms with Crippen LogP contribution in [0.5, 0.6) is 0 Å². The van der Waals surface area contributed by atoms with Gasteiger partial charge in [-0.2, -0.15) is 11.8 Å². The van der Waals surface area contributed by atoms with E-state index in [1.54, 1.807) is 0 Å². The first-order chi connectivity index (χ1) is 12.4. The van der Waals surface area contributed by atoms with Crippen molar-refractivity contribution in [1.82, 2.24) is 0 Å². The molecular formula is C25H36S. The molecule has 1 aliphatic carbocycles. The Morgan fingerprint density at radius 2 is 1.81 bits per heavy atom. The fourth-order valence-electron chi connectivity index (χ4n) is 4.34. The van der Waals surface area contributed by atoms with Crippen LogP contribution in [0.15, 0.2) is 61.2 Å². The molecule has 5 unspecified atom stereocenters. The first-order valence-electron chi connectivity index (χ1n) is 9.98. The van der Waals surface area contributed by atoms with Crippen LogP contribution in [0.3, 0.4) is 0 Å². The van der Waals surface area contributed by atoms with E-state index in [9.17, 15) is 0 Å². The number of hydrogen-bond acceptors (Lipinski definition) is 1. The van der Waals surface area contributed by atoms with Crippen molar-refractivity contribution in [2.75, 3.05) is 12.0 Å². The summed E-state index contributed by atoms with van der Waals surface area (Å²) < 4.78 is 0. The van der Waals surface area contributed by atoms with Gasteiger partial charge in [0, 0.05) is 17.1 Å². The zero-order valence-corrected chi connectivity index (χ0v) is 18.1. The molecule has 0 N–H and O–H groups in total. The summed E-state index contributed by atoms with van der Waals surface area (Å²) in [5, 5.41) is 0. The third-order valence-corrected chi connectivity index (χ3v) is 6.99. The van der Waals surface area contributed by atoms with Crippen LogP contribution in [-0.4, -0.2) is 12.0 Å². The normalized spacial score (nSPS) is 26.1. The minimum absolute atomic E-state index is 0.217. The average Bonchev–Trinajstić information content (AvgIpc) is 2.82. The maximum atomic E-state index is 3.97. The fourth-order valence-corrected chi connectivity index (χ4v) is 5.26. The Balaban J connectivity index is 2.28. The molecule has 0 amide bonds. The van der Waals surface area contributed by atoms with E-state index in [0.29, 0.717) is 23.7 Å². The lowest BCUT2D eigenvalue weighted by Gasteiger charge is -2.37. The molecule has 0 saturated carbocycles. The second kappa shape index (κ2) is 9.65. The second-order valence-corrected chi connectivity index (χ2v) is 9.12. The predicted molar refractivity (Wildman–Crippen MR) is 120 cm³/mol. The van der Waals surface area contributed by atoms with Crippen LogP contribution in [0, 0.1) is 30.6 Å². The minimum Gasteiger partial charge on any atom is -0.165 e. The summed E-state index contributed by atoms with van der Waals surface area (Å²) in [4.78, 5) is 0. The SMILES string of the molecule is C=CC1C=CC(C)C(C(CC)CC(C)(CSC)c2ccc(C)cc2)C=C1. The van der Waals surface area contributed by atoms with Gasteiger partial charge in [-0.25, -0.2) is 0 Å². The quantitative estimate of drug-likeness (QED) is 0.437. The second-order valence-electron chi connectivity index (χ2n) is 8.25. The van der Waals surface area contributed by atoms with Crippen LogP contribution in [-0.2, 0) is 5.41 Å². The molecule has 0 nitrogen and oxygen atoms in total. The van der Waals surface area contributed by atoms with Crippen LogP contribution in [0.1, 0.15) is 44.7 Å². The van der Waals surface area contributed by atoms with Crippen molar-refractivity contribution in [3.63, 3.8) is 0 Å². The van der Waals surface area contributed by atoms with Gasteiger partial charge >= 0.3 is 0 Å². The predicted octanol–water partition coefficient (Wildman–Crippen LogP) is 7.21. The largest absolute Gasteiger partial charge is 0.165 e. The van der Waals surface area contributed by atoms with Gasteiger partial charge in [0.15, 0.2) is 0 Å². The third-order valence-electron chi connectivity index (χ3n) is 6.06. The van der Waals surface area contributed by atoms with E-state index < -0.39 is 0 Å². The summed E-state index contributed by atoms with van der Waals surface area (Å²) >= 11 is 1.97. The molecule has 2 rings (SSSR count). The summed E-state index contributed by atoms with van der Waals surface area (Å²) in [6.07, 6.45) is 16.3. The summed E-state index contributed by atoms with van der Waals surface area (Å²) in [6, 6.07) is 9.22. The Bertz CT molecular complexity index is 624. The Morgan fingerprint density at radius 1 is 1.15 bits per heavy atom. The molecule has 1 aromatic rings. The molecule has 0 aromatic heterocycles.